The maximum atomic E-state index is 13.2. The lowest BCUT2D eigenvalue weighted by molar-refractivity contribution is 0.262. The Kier molecular flexibility index (Phi) is 4.74. The predicted octanol–water partition coefficient (Wildman–Crippen LogP) is 3.85. The van der Waals surface area contributed by atoms with Crippen molar-refractivity contribution >= 4 is 23.2 Å². The molecular formula is C21H16FN5O2. The van der Waals surface area contributed by atoms with Crippen molar-refractivity contribution in [1.82, 2.24) is 14.4 Å². The predicted molar refractivity (Wildman–Crippen MR) is 108 cm³/mol. The number of aromatic nitrogens is 3. The molecule has 0 unspecified atom stereocenters. The fourth-order valence-corrected chi connectivity index (χ4v) is 2.88. The summed E-state index contributed by atoms with van der Waals surface area (Å²) in [7, 11) is 0. The van der Waals surface area contributed by atoms with E-state index in [2.05, 4.69) is 20.6 Å². The van der Waals surface area contributed by atoms with Crippen molar-refractivity contribution in [2.75, 3.05) is 10.6 Å². The summed E-state index contributed by atoms with van der Waals surface area (Å²) < 4.78 is 14.7. The van der Waals surface area contributed by atoms with Crippen LogP contribution in [0, 0.1) is 12.7 Å². The Morgan fingerprint density at radius 2 is 1.90 bits per heavy atom. The van der Waals surface area contributed by atoms with Gasteiger partial charge < -0.3 is 5.32 Å². The molecule has 0 saturated carbocycles. The van der Waals surface area contributed by atoms with Gasteiger partial charge in [-0.3, -0.25) is 14.5 Å². The Labute approximate surface area is 164 Å². The number of carbonyl (C=O) groups excluding carboxylic acids is 1. The molecule has 0 aliphatic carbocycles. The van der Waals surface area contributed by atoms with E-state index in [9.17, 15) is 14.0 Å². The highest BCUT2D eigenvalue weighted by molar-refractivity contribution is 5.99. The van der Waals surface area contributed by atoms with Crippen LogP contribution < -0.4 is 16.2 Å². The highest BCUT2D eigenvalue weighted by Crippen LogP contribution is 2.20. The SMILES string of the molecule is Cc1cc(=O)n2ccc(-c3ccc(NC(=O)Nc4cccc(F)c4)nc3)cc2n1. The van der Waals surface area contributed by atoms with Gasteiger partial charge in [-0.1, -0.05) is 6.07 Å². The lowest BCUT2D eigenvalue weighted by Gasteiger charge is -2.08. The minimum atomic E-state index is -0.527. The minimum absolute atomic E-state index is 0.138. The number of rotatable bonds is 3. The smallest absolute Gasteiger partial charge is 0.308 e. The number of halogens is 1. The largest absolute Gasteiger partial charge is 0.324 e. The summed E-state index contributed by atoms with van der Waals surface area (Å²) in [5.41, 5.74) is 3.04. The molecule has 0 radical (unpaired) electrons. The minimum Gasteiger partial charge on any atom is -0.308 e. The molecule has 1 aromatic carbocycles. The number of fused-ring (bicyclic) bond motifs is 1. The van der Waals surface area contributed by atoms with E-state index in [-0.39, 0.29) is 5.56 Å². The van der Waals surface area contributed by atoms with Crippen LogP contribution in [0.3, 0.4) is 0 Å². The van der Waals surface area contributed by atoms with Crippen LogP contribution in [0.5, 0.6) is 0 Å². The maximum absolute atomic E-state index is 13.2. The van der Waals surface area contributed by atoms with E-state index in [1.165, 1.54) is 28.7 Å². The van der Waals surface area contributed by atoms with Crippen LogP contribution in [0.25, 0.3) is 16.8 Å². The van der Waals surface area contributed by atoms with Crippen LogP contribution in [-0.4, -0.2) is 20.4 Å². The third kappa shape index (κ3) is 4.11. The Morgan fingerprint density at radius 3 is 2.66 bits per heavy atom. The van der Waals surface area contributed by atoms with Gasteiger partial charge in [0.1, 0.15) is 17.3 Å². The summed E-state index contributed by atoms with van der Waals surface area (Å²) >= 11 is 0. The lowest BCUT2D eigenvalue weighted by atomic mass is 10.1. The number of anilines is 2. The van der Waals surface area contributed by atoms with Gasteiger partial charge in [-0.05, 0) is 55.0 Å². The Morgan fingerprint density at radius 1 is 1.03 bits per heavy atom. The zero-order chi connectivity index (χ0) is 20.4. The fraction of sp³-hybridized carbons (Fsp3) is 0.0476. The van der Waals surface area contributed by atoms with Crippen molar-refractivity contribution in [3.8, 4) is 11.1 Å². The number of benzene rings is 1. The Hall–Kier alpha value is -4.07. The monoisotopic (exact) mass is 389 g/mol. The van der Waals surface area contributed by atoms with Crippen LogP contribution in [0.1, 0.15) is 5.69 Å². The molecular weight excluding hydrogens is 373 g/mol. The second kappa shape index (κ2) is 7.51. The van der Waals surface area contributed by atoms with Gasteiger partial charge in [0.05, 0.1) is 0 Å². The molecule has 4 aromatic rings. The number of carbonyl (C=O) groups is 1. The van der Waals surface area contributed by atoms with Crippen LogP contribution in [0.2, 0.25) is 0 Å². The van der Waals surface area contributed by atoms with Crippen LogP contribution in [0.15, 0.2) is 71.8 Å². The first-order valence-electron chi connectivity index (χ1n) is 8.78. The summed E-state index contributed by atoms with van der Waals surface area (Å²) in [4.78, 5) is 32.6. The summed E-state index contributed by atoms with van der Waals surface area (Å²) in [6.07, 6.45) is 3.27. The van der Waals surface area contributed by atoms with E-state index >= 15 is 0 Å². The summed E-state index contributed by atoms with van der Waals surface area (Å²) in [5, 5.41) is 5.13. The van der Waals surface area contributed by atoms with Crippen molar-refractivity contribution in [1.29, 1.82) is 0 Å². The highest BCUT2D eigenvalue weighted by Gasteiger charge is 2.07. The van der Waals surface area contributed by atoms with Gasteiger partial charge in [0, 0.05) is 35.4 Å². The molecule has 2 amide bonds. The average Bonchev–Trinajstić information content (AvgIpc) is 2.68. The first-order chi connectivity index (χ1) is 14.0. The van der Waals surface area contributed by atoms with Crippen LogP contribution in [0.4, 0.5) is 20.7 Å². The first kappa shape index (κ1) is 18.3. The highest BCUT2D eigenvalue weighted by atomic mass is 19.1. The molecule has 0 atom stereocenters. The van der Waals surface area contributed by atoms with Crippen molar-refractivity contribution < 1.29 is 9.18 Å². The average molecular weight is 389 g/mol. The van der Waals surface area contributed by atoms with Gasteiger partial charge in [-0.15, -0.1) is 0 Å². The van der Waals surface area contributed by atoms with E-state index in [0.717, 1.165) is 11.1 Å². The van der Waals surface area contributed by atoms with E-state index in [1.54, 1.807) is 49.6 Å². The van der Waals surface area contributed by atoms with Gasteiger partial charge in [0.25, 0.3) is 5.56 Å². The number of nitrogens with one attached hydrogen (secondary N) is 2. The topological polar surface area (TPSA) is 88.4 Å². The standard InChI is InChI=1S/C21H16FN5O2/c1-13-9-20(28)27-8-7-14(10-19(27)24-13)15-5-6-18(23-12-15)26-21(29)25-17-4-2-3-16(22)11-17/h2-12H,1H3,(H2,23,25,26,29). The quantitative estimate of drug-likeness (QED) is 0.557. The van der Waals surface area contributed by atoms with E-state index in [1.807, 2.05) is 0 Å². The Balaban J connectivity index is 1.51. The maximum Gasteiger partial charge on any atom is 0.324 e. The molecule has 2 N–H and O–H groups in total. The van der Waals surface area contributed by atoms with Gasteiger partial charge in [-0.2, -0.15) is 0 Å². The number of amides is 2. The van der Waals surface area contributed by atoms with Crippen molar-refractivity contribution in [2.24, 2.45) is 0 Å². The number of hydrogen-bond acceptors (Lipinski definition) is 4. The molecule has 0 aliphatic rings. The molecule has 0 saturated heterocycles. The summed E-state index contributed by atoms with van der Waals surface area (Å²) in [6, 6.07) is 13.6. The van der Waals surface area contributed by atoms with Crippen molar-refractivity contribution in [2.45, 2.75) is 6.92 Å². The molecule has 7 nitrogen and oxygen atoms in total. The van der Waals surface area contributed by atoms with Crippen LogP contribution >= 0.6 is 0 Å². The summed E-state index contributed by atoms with van der Waals surface area (Å²) in [5.74, 6) is -0.0961. The number of pyridine rings is 2. The molecule has 144 valence electrons. The molecule has 8 heteroatoms. The van der Waals surface area contributed by atoms with Gasteiger partial charge >= 0.3 is 6.03 Å². The van der Waals surface area contributed by atoms with Gasteiger partial charge in [0.2, 0.25) is 0 Å². The Bertz CT molecular complexity index is 1270. The van der Waals surface area contributed by atoms with Gasteiger partial charge in [-0.25, -0.2) is 19.2 Å². The molecule has 0 bridgehead atoms. The third-order valence-corrected chi connectivity index (χ3v) is 4.22. The molecule has 0 fully saturated rings. The lowest BCUT2D eigenvalue weighted by Crippen LogP contribution is -2.20. The molecule has 0 spiro atoms. The third-order valence-electron chi connectivity index (χ3n) is 4.22. The molecule has 29 heavy (non-hydrogen) atoms. The van der Waals surface area contributed by atoms with E-state index in [0.29, 0.717) is 22.8 Å². The fourth-order valence-electron chi connectivity index (χ4n) is 2.88. The number of hydrogen-bond donors (Lipinski definition) is 2. The van der Waals surface area contributed by atoms with Crippen molar-refractivity contribution in [3.05, 3.63) is 88.9 Å². The molecule has 0 aliphatic heterocycles. The van der Waals surface area contributed by atoms with E-state index < -0.39 is 11.8 Å². The van der Waals surface area contributed by atoms with Crippen LogP contribution in [-0.2, 0) is 0 Å². The zero-order valence-corrected chi connectivity index (χ0v) is 15.4. The molecule has 3 heterocycles. The second-order valence-electron chi connectivity index (χ2n) is 6.40. The molecule has 3 aromatic heterocycles. The van der Waals surface area contributed by atoms with Crippen molar-refractivity contribution in [3.63, 3.8) is 0 Å². The number of aryl methyl sites for hydroxylation is 1. The second-order valence-corrected chi connectivity index (χ2v) is 6.40. The number of urea groups is 1. The molecule has 4 rings (SSSR count). The zero-order valence-electron chi connectivity index (χ0n) is 15.4. The van der Waals surface area contributed by atoms with Gasteiger partial charge in [0.15, 0.2) is 0 Å². The van der Waals surface area contributed by atoms with E-state index in [4.69, 9.17) is 0 Å². The summed E-state index contributed by atoms with van der Waals surface area (Å²) in [6.45, 7) is 1.77. The number of nitrogens with zero attached hydrogens (tertiary/aromatic N) is 3. The normalized spacial score (nSPS) is 10.7. The first-order valence-corrected chi connectivity index (χ1v) is 8.78.